The van der Waals surface area contributed by atoms with Crippen LogP contribution in [0.1, 0.15) is 24.0 Å². The minimum Gasteiger partial charge on any atom is -0.493 e. The molecule has 1 unspecified atom stereocenters. The third-order valence-electron chi connectivity index (χ3n) is 3.53. The van der Waals surface area contributed by atoms with Crippen LogP contribution in [0, 0.1) is 12.8 Å². The van der Waals surface area contributed by atoms with Gasteiger partial charge in [-0.15, -0.1) is 0 Å². The van der Waals surface area contributed by atoms with Crippen molar-refractivity contribution in [2.75, 3.05) is 20.3 Å². The van der Waals surface area contributed by atoms with E-state index in [4.69, 9.17) is 15.2 Å². The first kappa shape index (κ1) is 15.8. The number of benzene rings is 1. The second-order valence-electron chi connectivity index (χ2n) is 5.65. The summed E-state index contributed by atoms with van der Waals surface area (Å²) in [6.45, 7) is 3.41. The number of carbonyl (C=O) groups is 1. The molecule has 0 spiro atoms. The molecule has 1 aliphatic rings. The monoisotopic (exact) mass is 292 g/mol. The molecule has 1 atom stereocenters. The van der Waals surface area contributed by atoms with Crippen LogP contribution in [0.2, 0.25) is 0 Å². The fourth-order valence-corrected chi connectivity index (χ4v) is 2.00. The number of aryl methyl sites for hydroxylation is 1. The van der Waals surface area contributed by atoms with Crippen molar-refractivity contribution in [3.05, 3.63) is 29.3 Å². The van der Waals surface area contributed by atoms with E-state index >= 15 is 0 Å². The lowest BCUT2D eigenvalue weighted by atomic mass is 10.1. The van der Waals surface area contributed by atoms with Crippen molar-refractivity contribution >= 4 is 5.91 Å². The molecule has 0 aromatic heterocycles. The maximum Gasteiger partial charge on any atom is 0.239 e. The Hall–Kier alpha value is -1.59. The van der Waals surface area contributed by atoms with Gasteiger partial charge in [-0.05, 0) is 37.3 Å². The first-order valence-electron chi connectivity index (χ1n) is 7.34. The van der Waals surface area contributed by atoms with Gasteiger partial charge in [0.1, 0.15) is 11.8 Å². The molecule has 0 saturated heterocycles. The summed E-state index contributed by atoms with van der Waals surface area (Å²) in [5.74, 6) is 1.33. The van der Waals surface area contributed by atoms with Crippen LogP contribution < -0.4 is 15.8 Å². The molecule has 1 saturated carbocycles. The highest BCUT2D eigenvalue weighted by Gasteiger charge is 2.22. The molecule has 21 heavy (non-hydrogen) atoms. The van der Waals surface area contributed by atoms with Crippen LogP contribution in [0.25, 0.3) is 0 Å². The van der Waals surface area contributed by atoms with Crippen molar-refractivity contribution in [3.63, 3.8) is 0 Å². The molecule has 0 radical (unpaired) electrons. The zero-order valence-electron chi connectivity index (χ0n) is 12.7. The number of methoxy groups -OCH3 is 1. The summed E-state index contributed by atoms with van der Waals surface area (Å²) in [6.07, 6.45) is 2.51. The Bertz CT molecular complexity index is 486. The zero-order chi connectivity index (χ0) is 15.2. The number of rotatable bonds is 8. The van der Waals surface area contributed by atoms with Gasteiger partial charge >= 0.3 is 0 Å². The summed E-state index contributed by atoms with van der Waals surface area (Å²) in [6, 6.07) is 5.37. The first-order chi connectivity index (χ1) is 10.1. The van der Waals surface area contributed by atoms with Crippen molar-refractivity contribution in [2.45, 2.75) is 32.4 Å². The Morgan fingerprint density at radius 2 is 2.24 bits per heavy atom. The summed E-state index contributed by atoms with van der Waals surface area (Å²) < 4.78 is 10.8. The van der Waals surface area contributed by atoms with Crippen LogP contribution in [0.4, 0.5) is 0 Å². The molecular weight excluding hydrogens is 268 g/mol. The van der Waals surface area contributed by atoms with Crippen molar-refractivity contribution in [3.8, 4) is 5.75 Å². The van der Waals surface area contributed by atoms with Crippen LogP contribution in [0.15, 0.2) is 18.2 Å². The molecule has 1 aromatic carbocycles. The fraction of sp³-hybridized carbons (Fsp3) is 0.562. The molecule has 3 N–H and O–H groups in total. The van der Waals surface area contributed by atoms with E-state index in [1.165, 1.54) is 20.0 Å². The van der Waals surface area contributed by atoms with Crippen LogP contribution in [-0.4, -0.2) is 32.3 Å². The van der Waals surface area contributed by atoms with Gasteiger partial charge in [0.05, 0.1) is 13.2 Å². The van der Waals surface area contributed by atoms with Crippen LogP contribution >= 0.6 is 0 Å². The highest BCUT2D eigenvalue weighted by atomic mass is 16.5. The van der Waals surface area contributed by atoms with Gasteiger partial charge in [0, 0.05) is 19.2 Å². The van der Waals surface area contributed by atoms with E-state index in [-0.39, 0.29) is 12.5 Å². The maximum atomic E-state index is 11.8. The average molecular weight is 292 g/mol. The molecule has 1 aromatic rings. The lowest BCUT2D eigenvalue weighted by molar-refractivity contribution is -0.123. The third kappa shape index (κ3) is 5.02. The minimum absolute atomic E-state index is 0.213. The zero-order valence-corrected chi connectivity index (χ0v) is 12.7. The summed E-state index contributed by atoms with van der Waals surface area (Å²) >= 11 is 0. The van der Waals surface area contributed by atoms with Crippen LogP contribution in [-0.2, 0) is 16.1 Å². The smallest absolute Gasteiger partial charge is 0.239 e. The van der Waals surface area contributed by atoms with Gasteiger partial charge in [-0.1, -0.05) is 12.1 Å². The molecule has 1 fully saturated rings. The lowest BCUT2D eigenvalue weighted by Gasteiger charge is -2.15. The maximum absolute atomic E-state index is 11.8. The first-order valence-corrected chi connectivity index (χ1v) is 7.34. The highest BCUT2D eigenvalue weighted by Crippen LogP contribution is 2.30. The number of ether oxygens (including phenoxy) is 2. The molecule has 5 nitrogen and oxygen atoms in total. The SMILES string of the molecule is COCC(N)C(=O)NCc1ccc(C)cc1OCC1CC1. The van der Waals surface area contributed by atoms with Gasteiger partial charge in [-0.3, -0.25) is 4.79 Å². The molecule has 116 valence electrons. The normalized spacial score (nSPS) is 15.6. The Labute approximate surface area is 125 Å². The van der Waals surface area contributed by atoms with E-state index in [2.05, 4.69) is 5.32 Å². The Morgan fingerprint density at radius 1 is 1.48 bits per heavy atom. The molecular formula is C16H24N2O3. The number of amides is 1. The number of carbonyl (C=O) groups excluding carboxylic acids is 1. The predicted molar refractivity (Wildman–Crippen MR) is 81.1 cm³/mol. The van der Waals surface area contributed by atoms with Crippen molar-refractivity contribution < 1.29 is 14.3 Å². The van der Waals surface area contributed by atoms with Gasteiger partial charge in [0.2, 0.25) is 5.91 Å². The van der Waals surface area contributed by atoms with Crippen molar-refractivity contribution in [1.29, 1.82) is 0 Å². The molecule has 1 aliphatic carbocycles. The third-order valence-corrected chi connectivity index (χ3v) is 3.53. The van der Waals surface area contributed by atoms with Crippen LogP contribution in [0.5, 0.6) is 5.75 Å². The van der Waals surface area contributed by atoms with E-state index in [9.17, 15) is 4.79 Å². The van der Waals surface area contributed by atoms with Gasteiger partial charge in [-0.25, -0.2) is 0 Å². The van der Waals surface area contributed by atoms with E-state index in [1.807, 2.05) is 25.1 Å². The number of hydrogen-bond donors (Lipinski definition) is 2. The molecule has 2 rings (SSSR count). The average Bonchev–Trinajstić information content (AvgIpc) is 3.28. The summed E-state index contributed by atoms with van der Waals surface area (Å²) in [5, 5.41) is 2.82. The second kappa shape index (κ2) is 7.43. The number of nitrogens with one attached hydrogen (secondary N) is 1. The molecule has 1 amide bonds. The van der Waals surface area contributed by atoms with Gasteiger partial charge in [-0.2, -0.15) is 0 Å². The summed E-state index contributed by atoms with van der Waals surface area (Å²) in [4.78, 5) is 11.8. The van der Waals surface area contributed by atoms with Gasteiger partial charge in [0.15, 0.2) is 0 Å². The Kier molecular flexibility index (Phi) is 5.59. The lowest BCUT2D eigenvalue weighted by Crippen LogP contribution is -2.43. The van der Waals surface area contributed by atoms with E-state index in [1.54, 1.807) is 0 Å². The van der Waals surface area contributed by atoms with Gasteiger partial charge < -0.3 is 20.5 Å². The van der Waals surface area contributed by atoms with Crippen molar-refractivity contribution in [2.24, 2.45) is 11.7 Å². The van der Waals surface area contributed by atoms with Crippen molar-refractivity contribution in [1.82, 2.24) is 5.32 Å². The van der Waals surface area contributed by atoms with Crippen LogP contribution in [0.3, 0.4) is 0 Å². The molecule has 5 heteroatoms. The summed E-state index contributed by atoms with van der Waals surface area (Å²) in [5.41, 5.74) is 7.81. The van der Waals surface area contributed by atoms with E-state index in [0.717, 1.165) is 23.5 Å². The predicted octanol–water partition coefficient (Wildman–Crippen LogP) is 1.37. The Morgan fingerprint density at radius 3 is 2.90 bits per heavy atom. The Balaban J connectivity index is 1.92. The standard InChI is InChI=1S/C16H24N2O3/c1-11-3-6-13(8-18-16(19)14(17)10-20-2)15(7-11)21-9-12-4-5-12/h3,6-7,12,14H,4-5,8-10,17H2,1-2H3,(H,18,19). The largest absolute Gasteiger partial charge is 0.493 e. The van der Waals surface area contributed by atoms with Gasteiger partial charge in [0.25, 0.3) is 0 Å². The number of hydrogen-bond acceptors (Lipinski definition) is 4. The van der Waals surface area contributed by atoms with E-state index in [0.29, 0.717) is 12.5 Å². The topological polar surface area (TPSA) is 73.6 Å². The quantitative estimate of drug-likeness (QED) is 0.759. The number of nitrogens with two attached hydrogens (primary N) is 1. The second-order valence-corrected chi connectivity index (χ2v) is 5.65. The molecule has 0 aliphatic heterocycles. The molecule has 0 bridgehead atoms. The molecule has 0 heterocycles. The fourth-order valence-electron chi connectivity index (χ4n) is 2.00. The van der Waals surface area contributed by atoms with E-state index < -0.39 is 6.04 Å². The summed E-state index contributed by atoms with van der Waals surface area (Å²) in [7, 11) is 1.52. The minimum atomic E-state index is -0.642. The highest BCUT2D eigenvalue weighted by molar-refractivity contribution is 5.81.